The van der Waals surface area contributed by atoms with Crippen molar-refractivity contribution in [3.63, 3.8) is 0 Å². The molecule has 2 aliphatic carbocycles. The summed E-state index contributed by atoms with van der Waals surface area (Å²) in [6, 6.07) is 2.09. The zero-order valence-corrected chi connectivity index (χ0v) is 11.7. The van der Waals surface area contributed by atoms with Crippen LogP contribution in [0, 0.1) is 23.2 Å². The molecule has 16 heavy (non-hydrogen) atoms. The van der Waals surface area contributed by atoms with Gasteiger partial charge < -0.3 is 0 Å². The predicted molar refractivity (Wildman–Crippen MR) is 65.6 cm³/mol. The summed E-state index contributed by atoms with van der Waals surface area (Å²) in [5.74, 6) is 0.124. The minimum atomic E-state index is -3.51. The molecular weight excluding hydrogens is 290 g/mol. The number of halogens is 1. The summed E-state index contributed by atoms with van der Waals surface area (Å²) >= 11 is 3.19. The van der Waals surface area contributed by atoms with E-state index < -0.39 is 18.2 Å². The molecule has 2 aliphatic rings. The van der Waals surface area contributed by atoms with Gasteiger partial charge in [-0.2, -0.15) is 5.26 Å². The normalized spacial score (nSPS) is 37.6. The minimum absolute atomic E-state index is 0.135. The second-order valence-corrected chi connectivity index (χ2v) is 10.3. The molecule has 0 N–H and O–H groups in total. The molecule has 2 rings (SSSR count). The maximum absolute atomic E-state index is 12.5. The molecule has 3 atom stereocenters. The lowest BCUT2D eigenvalue weighted by Crippen LogP contribution is -2.48. The van der Waals surface area contributed by atoms with E-state index in [1.54, 1.807) is 13.8 Å². The summed E-state index contributed by atoms with van der Waals surface area (Å²) in [7, 11) is -3.51. The maximum Gasteiger partial charge on any atom is 0.185 e. The molecule has 1 fully saturated rings. The number of alkyl halides is 1. The Hall–Kier alpha value is -0.340. The number of allylic oxidation sites excluding steroid dienone is 2. The second-order valence-electron chi connectivity index (χ2n) is 5.06. The van der Waals surface area contributed by atoms with Gasteiger partial charge >= 0.3 is 0 Å². The van der Waals surface area contributed by atoms with Crippen LogP contribution in [0.4, 0.5) is 0 Å². The molecule has 0 spiro atoms. The average Bonchev–Trinajstić information content (AvgIpc) is 2.74. The fourth-order valence-corrected chi connectivity index (χ4v) is 5.60. The molecule has 0 aromatic rings. The van der Waals surface area contributed by atoms with Gasteiger partial charge in [-0.3, -0.25) is 0 Å². The Morgan fingerprint density at radius 2 is 2.12 bits per heavy atom. The van der Waals surface area contributed by atoms with Gasteiger partial charge in [0.25, 0.3) is 0 Å². The highest BCUT2D eigenvalue weighted by Crippen LogP contribution is 2.53. The first kappa shape index (κ1) is 12.1. The standard InChI is InChI=1S/C11H14BrNO2S/c1-10(2,12)16(14,15)11(7-13)6-8-3-4-9(11)5-8/h3-4,8-9H,5-6H2,1-2H3/t8-,9+,11+/m1/s1. The number of hydrogen-bond acceptors (Lipinski definition) is 3. The van der Waals surface area contributed by atoms with Crippen molar-refractivity contribution in [2.24, 2.45) is 11.8 Å². The van der Waals surface area contributed by atoms with Crippen molar-refractivity contribution in [3.8, 4) is 6.07 Å². The van der Waals surface area contributed by atoms with Crippen LogP contribution in [0.3, 0.4) is 0 Å². The van der Waals surface area contributed by atoms with Gasteiger partial charge in [-0.15, -0.1) is 0 Å². The highest BCUT2D eigenvalue weighted by atomic mass is 79.9. The third kappa shape index (κ3) is 1.32. The van der Waals surface area contributed by atoms with E-state index in [9.17, 15) is 13.7 Å². The van der Waals surface area contributed by atoms with E-state index in [1.807, 2.05) is 12.2 Å². The van der Waals surface area contributed by atoms with Crippen molar-refractivity contribution in [1.82, 2.24) is 0 Å². The predicted octanol–water partition coefficient (Wildman–Crippen LogP) is 2.39. The van der Waals surface area contributed by atoms with Crippen LogP contribution < -0.4 is 0 Å². The molecule has 0 saturated heterocycles. The van der Waals surface area contributed by atoms with Crippen LogP contribution in [0.1, 0.15) is 26.7 Å². The Bertz CT molecular complexity index is 483. The van der Waals surface area contributed by atoms with Crippen LogP contribution in [0.15, 0.2) is 12.2 Å². The van der Waals surface area contributed by atoms with Crippen molar-refractivity contribution in [2.75, 3.05) is 0 Å². The van der Waals surface area contributed by atoms with E-state index in [2.05, 4.69) is 22.0 Å². The minimum Gasteiger partial charge on any atom is -0.226 e. The number of rotatable bonds is 2. The lowest BCUT2D eigenvalue weighted by molar-refractivity contribution is 0.507. The van der Waals surface area contributed by atoms with Gasteiger partial charge in [0.15, 0.2) is 14.6 Å². The van der Waals surface area contributed by atoms with Crippen molar-refractivity contribution >= 4 is 25.8 Å². The molecule has 0 aromatic carbocycles. The molecule has 0 aliphatic heterocycles. The molecule has 0 aromatic heterocycles. The van der Waals surface area contributed by atoms with Gasteiger partial charge in [0.05, 0.1) is 6.07 Å². The summed E-state index contributed by atoms with van der Waals surface area (Å²) in [5.41, 5.74) is 0. The van der Waals surface area contributed by atoms with Crippen LogP contribution >= 0.6 is 15.9 Å². The highest BCUT2D eigenvalue weighted by Gasteiger charge is 2.61. The Morgan fingerprint density at radius 3 is 2.44 bits per heavy atom. The maximum atomic E-state index is 12.5. The van der Waals surface area contributed by atoms with Crippen molar-refractivity contribution in [1.29, 1.82) is 5.26 Å². The van der Waals surface area contributed by atoms with E-state index >= 15 is 0 Å². The molecule has 0 heterocycles. The van der Waals surface area contributed by atoms with Crippen LogP contribution in [0.5, 0.6) is 0 Å². The molecule has 3 nitrogen and oxygen atoms in total. The molecule has 0 unspecified atom stereocenters. The topological polar surface area (TPSA) is 57.9 Å². The third-order valence-electron chi connectivity index (χ3n) is 3.64. The van der Waals surface area contributed by atoms with Crippen LogP contribution in [0.2, 0.25) is 0 Å². The fourth-order valence-electron chi connectivity index (χ4n) is 2.74. The van der Waals surface area contributed by atoms with Crippen LogP contribution in [-0.4, -0.2) is 16.8 Å². The molecular formula is C11H14BrNO2S. The van der Waals surface area contributed by atoms with Gasteiger partial charge in [-0.1, -0.05) is 28.1 Å². The summed E-state index contributed by atoms with van der Waals surface area (Å²) in [5, 5.41) is 9.35. The molecule has 88 valence electrons. The van der Waals surface area contributed by atoms with Gasteiger partial charge in [0, 0.05) is 5.92 Å². The third-order valence-corrected chi connectivity index (χ3v) is 7.72. The monoisotopic (exact) mass is 303 g/mol. The van der Waals surface area contributed by atoms with E-state index in [1.165, 1.54) is 0 Å². The number of sulfone groups is 1. The second kappa shape index (κ2) is 3.33. The first-order valence-electron chi connectivity index (χ1n) is 5.27. The highest BCUT2D eigenvalue weighted by molar-refractivity contribution is 9.11. The molecule has 5 heteroatoms. The zero-order valence-electron chi connectivity index (χ0n) is 9.27. The van der Waals surface area contributed by atoms with E-state index in [0.717, 1.165) is 6.42 Å². The molecule has 0 radical (unpaired) electrons. The number of fused-ring (bicyclic) bond motifs is 2. The van der Waals surface area contributed by atoms with Gasteiger partial charge in [-0.25, -0.2) is 8.42 Å². The quantitative estimate of drug-likeness (QED) is 0.581. The van der Waals surface area contributed by atoms with Gasteiger partial charge in [0.2, 0.25) is 0 Å². The Morgan fingerprint density at radius 1 is 1.50 bits per heavy atom. The first-order chi connectivity index (χ1) is 7.24. The smallest absolute Gasteiger partial charge is 0.185 e. The Kier molecular flexibility index (Phi) is 2.52. The van der Waals surface area contributed by atoms with Crippen molar-refractivity contribution < 1.29 is 8.42 Å². The summed E-state index contributed by atoms with van der Waals surface area (Å²) in [4.78, 5) is 0. The lowest BCUT2D eigenvalue weighted by atomic mass is 9.94. The van der Waals surface area contributed by atoms with E-state index in [0.29, 0.717) is 6.42 Å². The molecule has 0 amide bonds. The number of nitrogens with zero attached hydrogens (tertiary/aromatic N) is 1. The number of nitriles is 1. The number of hydrogen-bond donors (Lipinski definition) is 0. The summed E-state index contributed by atoms with van der Waals surface area (Å²) in [6.07, 6.45) is 5.18. The van der Waals surface area contributed by atoms with Gasteiger partial charge in [0.1, 0.15) is 3.66 Å². The zero-order chi connectivity index (χ0) is 12.2. The average molecular weight is 304 g/mol. The van der Waals surface area contributed by atoms with Crippen molar-refractivity contribution in [2.45, 2.75) is 35.1 Å². The molecule has 1 saturated carbocycles. The lowest BCUT2D eigenvalue weighted by Gasteiger charge is -2.33. The SMILES string of the molecule is CC(C)(Br)S(=O)(=O)[C@]1(C#N)C[C@@H]2C=C[C@H]1C2. The van der Waals surface area contributed by atoms with Crippen LogP contribution in [-0.2, 0) is 9.84 Å². The van der Waals surface area contributed by atoms with Crippen LogP contribution in [0.25, 0.3) is 0 Å². The first-order valence-corrected chi connectivity index (χ1v) is 7.55. The van der Waals surface area contributed by atoms with Gasteiger partial charge in [-0.05, 0) is 32.6 Å². The van der Waals surface area contributed by atoms with E-state index in [-0.39, 0.29) is 11.8 Å². The Balaban J connectivity index is 2.55. The largest absolute Gasteiger partial charge is 0.226 e. The molecule has 2 bridgehead atoms. The van der Waals surface area contributed by atoms with E-state index in [4.69, 9.17) is 0 Å². The fraction of sp³-hybridized carbons (Fsp3) is 0.727. The Labute approximate surface area is 105 Å². The van der Waals surface area contributed by atoms with Crippen molar-refractivity contribution in [3.05, 3.63) is 12.2 Å². The summed E-state index contributed by atoms with van der Waals surface area (Å²) in [6.45, 7) is 3.19. The summed E-state index contributed by atoms with van der Waals surface area (Å²) < 4.78 is 22.7.